The van der Waals surface area contributed by atoms with E-state index in [0.29, 0.717) is 0 Å². The lowest BCUT2D eigenvalue weighted by Gasteiger charge is -2.21. The molecule has 0 saturated carbocycles. The summed E-state index contributed by atoms with van der Waals surface area (Å²) in [5, 5.41) is 4.76. The van der Waals surface area contributed by atoms with Gasteiger partial charge in [-0.25, -0.2) is 0 Å². The van der Waals surface area contributed by atoms with Gasteiger partial charge in [0.1, 0.15) is 11.2 Å². The van der Waals surface area contributed by atoms with Crippen molar-refractivity contribution in [3.63, 3.8) is 0 Å². The molecule has 2 aromatic heterocycles. The molecule has 0 spiro atoms. The second-order valence-corrected chi connectivity index (χ2v) is 8.67. The Hall–Kier alpha value is -3.52. The Morgan fingerprint density at radius 2 is 1.41 bits per heavy atom. The fourth-order valence-electron chi connectivity index (χ4n) is 5.41. The summed E-state index contributed by atoms with van der Waals surface area (Å²) in [7, 11) is 0. The predicted molar refractivity (Wildman–Crippen MR) is 121 cm³/mol. The molecule has 138 valence electrons. The zero-order chi connectivity index (χ0) is 19.3. The van der Waals surface area contributed by atoms with E-state index in [9.17, 15) is 0 Å². The van der Waals surface area contributed by atoms with Gasteiger partial charge >= 0.3 is 0 Å². The number of rotatable bonds is 0. The first-order valence-corrected chi connectivity index (χ1v) is 10.1. The highest BCUT2D eigenvalue weighted by Gasteiger charge is 2.37. The lowest BCUT2D eigenvalue weighted by molar-refractivity contribution is 0.654. The Bertz CT molecular complexity index is 1630. The first-order chi connectivity index (χ1) is 14.1. The van der Waals surface area contributed by atoms with Crippen LogP contribution >= 0.6 is 0 Å². The second kappa shape index (κ2) is 4.90. The number of fused-ring (bicyclic) bond motifs is 11. The topological polar surface area (TPSA) is 28.9 Å². The summed E-state index contributed by atoms with van der Waals surface area (Å²) >= 11 is 0. The molecule has 1 N–H and O–H groups in total. The molecule has 0 saturated heterocycles. The van der Waals surface area contributed by atoms with Gasteiger partial charge in [0, 0.05) is 32.7 Å². The summed E-state index contributed by atoms with van der Waals surface area (Å²) in [5.74, 6) is 0. The zero-order valence-electron chi connectivity index (χ0n) is 16.3. The molecule has 0 amide bonds. The summed E-state index contributed by atoms with van der Waals surface area (Å²) in [6.45, 7) is 4.62. The molecule has 2 heterocycles. The minimum absolute atomic E-state index is 0.0187. The minimum atomic E-state index is -0.0187. The van der Waals surface area contributed by atoms with Gasteiger partial charge in [0.15, 0.2) is 0 Å². The van der Waals surface area contributed by atoms with Crippen LogP contribution in [0.4, 0.5) is 0 Å². The fourth-order valence-corrected chi connectivity index (χ4v) is 5.41. The predicted octanol–water partition coefficient (Wildman–Crippen LogP) is 7.53. The molecule has 0 radical (unpaired) electrons. The molecule has 1 aliphatic carbocycles. The van der Waals surface area contributed by atoms with E-state index in [0.717, 1.165) is 22.2 Å². The number of nitrogens with one attached hydrogen (secondary N) is 1. The van der Waals surface area contributed by atoms with E-state index < -0.39 is 0 Å². The molecular weight excluding hydrogens is 354 g/mol. The van der Waals surface area contributed by atoms with Crippen LogP contribution < -0.4 is 0 Å². The van der Waals surface area contributed by atoms with Gasteiger partial charge in [0.05, 0.1) is 10.9 Å². The molecule has 0 aliphatic heterocycles. The molecule has 29 heavy (non-hydrogen) atoms. The summed E-state index contributed by atoms with van der Waals surface area (Å²) in [4.78, 5) is 3.54. The highest BCUT2D eigenvalue weighted by Crippen LogP contribution is 2.52. The van der Waals surface area contributed by atoms with Crippen LogP contribution in [0, 0.1) is 0 Å². The van der Waals surface area contributed by atoms with Gasteiger partial charge in [-0.05, 0) is 34.9 Å². The van der Waals surface area contributed by atoms with Crippen LogP contribution in [-0.4, -0.2) is 4.98 Å². The number of para-hydroxylation sites is 1. The van der Waals surface area contributed by atoms with E-state index in [1.165, 1.54) is 43.8 Å². The number of aromatic amines is 1. The molecule has 6 aromatic rings. The van der Waals surface area contributed by atoms with E-state index in [2.05, 4.69) is 91.6 Å². The van der Waals surface area contributed by atoms with Crippen LogP contribution in [0.25, 0.3) is 54.9 Å². The maximum absolute atomic E-state index is 6.71. The van der Waals surface area contributed by atoms with Gasteiger partial charge < -0.3 is 9.40 Å². The number of H-pyrrole nitrogens is 1. The number of hydrogen-bond donors (Lipinski definition) is 1. The van der Waals surface area contributed by atoms with Gasteiger partial charge in [-0.1, -0.05) is 68.4 Å². The Morgan fingerprint density at radius 1 is 0.655 bits per heavy atom. The number of hydrogen-bond acceptors (Lipinski definition) is 1. The van der Waals surface area contributed by atoms with Crippen molar-refractivity contribution >= 4 is 43.7 Å². The first-order valence-electron chi connectivity index (χ1n) is 10.1. The summed E-state index contributed by atoms with van der Waals surface area (Å²) < 4.78 is 6.71. The fraction of sp³-hybridized carbons (Fsp3) is 0.111. The van der Waals surface area contributed by atoms with Crippen molar-refractivity contribution in [1.82, 2.24) is 4.98 Å². The highest BCUT2D eigenvalue weighted by molar-refractivity contribution is 6.24. The molecule has 0 bridgehead atoms. The molecule has 2 nitrogen and oxygen atoms in total. The van der Waals surface area contributed by atoms with E-state index in [4.69, 9.17) is 4.42 Å². The van der Waals surface area contributed by atoms with Gasteiger partial charge in [0.25, 0.3) is 0 Å². The molecule has 2 heteroatoms. The molecule has 0 unspecified atom stereocenters. The quantitative estimate of drug-likeness (QED) is 0.293. The third-order valence-electron chi connectivity index (χ3n) is 6.82. The van der Waals surface area contributed by atoms with Crippen molar-refractivity contribution in [3.05, 3.63) is 83.9 Å². The van der Waals surface area contributed by atoms with Crippen LogP contribution in [0.3, 0.4) is 0 Å². The third kappa shape index (κ3) is 1.73. The Balaban J connectivity index is 1.71. The standard InChI is InChI=1S/C27H19NO/c1-27(2)19-9-5-3-7-17(19)23-20(27)13-11-15-16-12-14-22-24(26(16)29-25(15)23)18-8-4-6-10-21(18)28-22/h3-14,28H,1-2H3. The second-order valence-electron chi connectivity index (χ2n) is 8.67. The number of benzene rings is 4. The smallest absolute Gasteiger partial charge is 0.145 e. The Labute approximate surface area is 167 Å². The lowest BCUT2D eigenvalue weighted by Crippen LogP contribution is -2.14. The van der Waals surface area contributed by atoms with Gasteiger partial charge in [-0.15, -0.1) is 0 Å². The zero-order valence-corrected chi connectivity index (χ0v) is 16.3. The minimum Gasteiger partial charge on any atom is -0.455 e. The van der Waals surface area contributed by atoms with Gasteiger partial charge in [-0.2, -0.15) is 0 Å². The normalized spacial score (nSPS) is 14.8. The Morgan fingerprint density at radius 3 is 2.34 bits per heavy atom. The van der Waals surface area contributed by atoms with Gasteiger partial charge in [-0.3, -0.25) is 0 Å². The van der Waals surface area contributed by atoms with Crippen LogP contribution in [0.5, 0.6) is 0 Å². The van der Waals surface area contributed by atoms with Crippen LogP contribution in [0.1, 0.15) is 25.0 Å². The average molecular weight is 373 g/mol. The van der Waals surface area contributed by atoms with Crippen molar-refractivity contribution in [2.75, 3.05) is 0 Å². The highest BCUT2D eigenvalue weighted by atomic mass is 16.3. The average Bonchev–Trinajstić information content (AvgIpc) is 3.36. The molecule has 0 atom stereocenters. The molecule has 7 rings (SSSR count). The van der Waals surface area contributed by atoms with Crippen LogP contribution in [-0.2, 0) is 5.41 Å². The maximum Gasteiger partial charge on any atom is 0.145 e. The third-order valence-corrected chi connectivity index (χ3v) is 6.82. The maximum atomic E-state index is 6.71. The van der Waals surface area contributed by atoms with E-state index >= 15 is 0 Å². The van der Waals surface area contributed by atoms with Crippen molar-refractivity contribution in [2.24, 2.45) is 0 Å². The lowest BCUT2D eigenvalue weighted by atomic mass is 9.82. The van der Waals surface area contributed by atoms with Crippen molar-refractivity contribution in [1.29, 1.82) is 0 Å². The van der Waals surface area contributed by atoms with E-state index in [1.54, 1.807) is 0 Å². The number of furan rings is 1. The van der Waals surface area contributed by atoms with Crippen molar-refractivity contribution in [3.8, 4) is 11.1 Å². The summed E-state index contributed by atoms with van der Waals surface area (Å²) in [6.07, 6.45) is 0. The molecular formula is C27H19NO. The first kappa shape index (κ1) is 15.4. The van der Waals surface area contributed by atoms with E-state index in [-0.39, 0.29) is 5.41 Å². The monoisotopic (exact) mass is 373 g/mol. The van der Waals surface area contributed by atoms with Crippen molar-refractivity contribution in [2.45, 2.75) is 19.3 Å². The summed E-state index contributed by atoms with van der Waals surface area (Å²) in [5.41, 5.74) is 9.51. The van der Waals surface area contributed by atoms with E-state index in [1.807, 2.05) is 0 Å². The van der Waals surface area contributed by atoms with Crippen molar-refractivity contribution < 1.29 is 4.42 Å². The SMILES string of the molecule is CC1(C)c2ccccc2-c2c1ccc1c2oc2c1ccc1[nH]c3ccccc3c12. The van der Waals surface area contributed by atoms with Crippen LogP contribution in [0.2, 0.25) is 0 Å². The van der Waals surface area contributed by atoms with Crippen LogP contribution in [0.15, 0.2) is 77.2 Å². The summed E-state index contributed by atoms with van der Waals surface area (Å²) in [6, 6.07) is 26.1. The van der Waals surface area contributed by atoms with Gasteiger partial charge in [0.2, 0.25) is 0 Å². The number of aromatic nitrogens is 1. The molecule has 4 aromatic carbocycles. The molecule has 1 aliphatic rings. The largest absolute Gasteiger partial charge is 0.455 e. The Kier molecular flexibility index (Phi) is 2.60. The molecule has 0 fully saturated rings.